The zero-order valence-electron chi connectivity index (χ0n) is 21.6. The van der Waals surface area contributed by atoms with Crippen LogP contribution in [0.25, 0.3) is 6.08 Å². The van der Waals surface area contributed by atoms with E-state index in [1.54, 1.807) is 4.90 Å². The van der Waals surface area contributed by atoms with E-state index in [4.69, 9.17) is 4.99 Å². The van der Waals surface area contributed by atoms with E-state index in [1.165, 1.54) is 23.0 Å². The average Bonchev–Trinajstić information content (AvgIpc) is 3.14. The number of hydrogen-bond acceptors (Lipinski definition) is 4. The fourth-order valence-corrected chi connectivity index (χ4v) is 6.66. The van der Waals surface area contributed by atoms with E-state index >= 15 is 0 Å². The number of amidine groups is 1. The van der Waals surface area contributed by atoms with E-state index < -0.39 is 0 Å². The highest BCUT2D eigenvalue weighted by atomic mass is 32.2. The highest BCUT2D eigenvalue weighted by Crippen LogP contribution is 2.45. The molecule has 0 spiro atoms. The van der Waals surface area contributed by atoms with Gasteiger partial charge < -0.3 is 4.90 Å². The van der Waals surface area contributed by atoms with Crippen LogP contribution in [0.5, 0.6) is 0 Å². The number of carbonyl (C=O) groups excluding carboxylic acids is 1. The number of rotatable bonds is 4. The van der Waals surface area contributed by atoms with Crippen molar-refractivity contribution in [3.8, 4) is 0 Å². The first-order valence-corrected chi connectivity index (χ1v) is 13.4. The van der Waals surface area contributed by atoms with Crippen molar-refractivity contribution in [2.75, 3.05) is 9.80 Å². The van der Waals surface area contributed by atoms with Crippen molar-refractivity contribution in [1.29, 1.82) is 0 Å². The van der Waals surface area contributed by atoms with Crippen LogP contribution in [-0.4, -0.2) is 22.7 Å². The minimum Gasteiger partial charge on any atom is -0.364 e. The van der Waals surface area contributed by atoms with Gasteiger partial charge >= 0.3 is 0 Å². The number of amides is 1. The largest absolute Gasteiger partial charge is 0.364 e. The van der Waals surface area contributed by atoms with Crippen LogP contribution in [0.3, 0.4) is 0 Å². The van der Waals surface area contributed by atoms with Gasteiger partial charge in [-0.05, 0) is 105 Å². The van der Waals surface area contributed by atoms with Gasteiger partial charge in [-0.3, -0.25) is 9.69 Å². The molecule has 2 aliphatic rings. The molecule has 36 heavy (non-hydrogen) atoms. The lowest BCUT2D eigenvalue weighted by molar-refractivity contribution is -0.113. The van der Waals surface area contributed by atoms with Crippen molar-refractivity contribution < 1.29 is 4.79 Å². The lowest BCUT2D eigenvalue weighted by Crippen LogP contribution is -2.51. The van der Waals surface area contributed by atoms with E-state index in [0.717, 1.165) is 23.4 Å². The van der Waals surface area contributed by atoms with Crippen molar-refractivity contribution in [2.45, 2.75) is 58.5 Å². The van der Waals surface area contributed by atoms with Crippen molar-refractivity contribution in [3.05, 3.63) is 94.9 Å². The fraction of sp³-hybridized carbons (Fsp3) is 0.290. The molecule has 5 heteroatoms. The first-order chi connectivity index (χ1) is 17.2. The minimum atomic E-state index is -0.0448. The number of para-hydroxylation sites is 2. The summed E-state index contributed by atoms with van der Waals surface area (Å²) < 4.78 is 0. The van der Waals surface area contributed by atoms with Crippen LogP contribution >= 0.6 is 11.8 Å². The molecule has 3 aromatic rings. The Morgan fingerprint density at radius 2 is 1.67 bits per heavy atom. The highest BCUT2D eigenvalue weighted by molar-refractivity contribution is 8.19. The molecule has 0 aromatic heterocycles. The Kier molecular flexibility index (Phi) is 6.52. The molecule has 0 aliphatic carbocycles. The van der Waals surface area contributed by atoms with Gasteiger partial charge in [0.15, 0.2) is 5.17 Å². The Labute approximate surface area is 218 Å². The first kappa shape index (κ1) is 24.4. The average molecular weight is 496 g/mol. The van der Waals surface area contributed by atoms with E-state index in [0.29, 0.717) is 22.0 Å². The van der Waals surface area contributed by atoms with E-state index in [9.17, 15) is 4.79 Å². The second-order valence-corrected chi connectivity index (χ2v) is 11.5. The van der Waals surface area contributed by atoms with Gasteiger partial charge in [0.2, 0.25) is 0 Å². The molecule has 1 fully saturated rings. The van der Waals surface area contributed by atoms with Crippen molar-refractivity contribution in [1.82, 2.24) is 0 Å². The maximum atomic E-state index is 13.6. The third-order valence-electron chi connectivity index (χ3n) is 6.92. The predicted octanol–water partition coefficient (Wildman–Crippen LogP) is 8.00. The summed E-state index contributed by atoms with van der Waals surface area (Å²) in [6.07, 6.45) is 3.12. The van der Waals surface area contributed by atoms with E-state index in [2.05, 4.69) is 57.7 Å². The zero-order chi connectivity index (χ0) is 25.4. The summed E-state index contributed by atoms with van der Waals surface area (Å²) in [6.45, 7) is 11.5. The summed E-state index contributed by atoms with van der Waals surface area (Å²) in [6, 6.07) is 26.6. The maximum Gasteiger partial charge on any atom is 0.271 e. The minimum absolute atomic E-state index is 0.0448. The van der Waals surface area contributed by atoms with Gasteiger partial charge in [0.1, 0.15) is 0 Å². The lowest BCUT2D eigenvalue weighted by Gasteiger charge is -2.50. The van der Waals surface area contributed by atoms with Crippen LogP contribution in [0.1, 0.15) is 58.1 Å². The molecule has 184 valence electrons. The van der Waals surface area contributed by atoms with Crippen LogP contribution < -0.4 is 9.80 Å². The van der Waals surface area contributed by atoms with Gasteiger partial charge in [-0.25, -0.2) is 4.99 Å². The number of anilines is 2. The van der Waals surface area contributed by atoms with Gasteiger partial charge in [-0.2, -0.15) is 0 Å². The number of aliphatic imine (C=N–C) groups is 1. The first-order valence-electron chi connectivity index (χ1n) is 12.6. The van der Waals surface area contributed by atoms with Crippen molar-refractivity contribution >= 4 is 46.0 Å². The summed E-state index contributed by atoms with van der Waals surface area (Å²) in [7, 11) is 0. The fourth-order valence-electron chi connectivity index (χ4n) is 5.66. The summed E-state index contributed by atoms with van der Waals surface area (Å²) in [5, 5.41) is 0.669. The van der Waals surface area contributed by atoms with Crippen LogP contribution in [0, 0.1) is 0 Å². The lowest BCUT2D eigenvalue weighted by atomic mass is 9.79. The molecular formula is C31H33N3OS. The van der Waals surface area contributed by atoms with Crippen LogP contribution in [0.15, 0.2) is 88.8 Å². The summed E-state index contributed by atoms with van der Waals surface area (Å²) in [4.78, 5) is 23.4. The van der Waals surface area contributed by atoms with Gasteiger partial charge in [-0.1, -0.05) is 49.4 Å². The topological polar surface area (TPSA) is 35.9 Å². The number of thioether (sulfide) groups is 1. The van der Waals surface area contributed by atoms with Gasteiger partial charge in [-0.15, -0.1) is 0 Å². The molecule has 4 nitrogen and oxygen atoms in total. The molecule has 3 aromatic carbocycles. The normalized spacial score (nSPS) is 21.5. The Morgan fingerprint density at radius 1 is 1.00 bits per heavy atom. The monoisotopic (exact) mass is 495 g/mol. The number of benzene rings is 3. The number of fused-ring (bicyclic) bond motifs is 1. The number of hydrogen-bond donors (Lipinski definition) is 0. The Bertz CT molecular complexity index is 1330. The quantitative estimate of drug-likeness (QED) is 0.344. The molecule has 1 atom stereocenters. The second kappa shape index (κ2) is 9.62. The molecule has 2 heterocycles. The number of carbonyl (C=O) groups is 1. The third kappa shape index (κ3) is 4.60. The summed E-state index contributed by atoms with van der Waals surface area (Å²) >= 11 is 1.43. The van der Waals surface area contributed by atoms with Crippen molar-refractivity contribution in [3.63, 3.8) is 0 Å². The van der Waals surface area contributed by atoms with E-state index in [-0.39, 0.29) is 11.4 Å². The van der Waals surface area contributed by atoms with Gasteiger partial charge in [0, 0.05) is 17.3 Å². The standard InChI is InChI=1S/C31H33N3OS/c1-21(2)34-27-17-16-23(18-26(27)22(3)20-31(34,4)5)19-28-29(35)33(25-14-10-7-11-15-25)30(36-28)32-24-12-8-6-9-13-24/h6-19,21-22H,20H2,1-5H3/b28-19-,32-30?/t22-/m1/s1. The van der Waals surface area contributed by atoms with Crippen LogP contribution in [0.2, 0.25) is 0 Å². The zero-order valence-corrected chi connectivity index (χ0v) is 22.4. The molecule has 0 saturated carbocycles. The van der Waals surface area contributed by atoms with Crippen molar-refractivity contribution in [2.24, 2.45) is 4.99 Å². The van der Waals surface area contributed by atoms with Gasteiger partial charge in [0.25, 0.3) is 5.91 Å². The molecule has 1 saturated heterocycles. The van der Waals surface area contributed by atoms with Crippen LogP contribution in [0.4, 0.5) is 17.1 Å². The maximum absolute atomic E-state index is 13.6. The highest BCUT2D eigenvalue weighted by Gasteiger charge is 2.38. The molecule has 0 unspecified atom stereocenters. The Balaban J connectivity index is 1.54. The second-order valence-electron chi connectivity index (χ2n) is 10.5. The van der Waals surface area contributed by atoms with Crippen LogP contribution in [-0.2, 0) is 4.79 Å². The Hall–Kier alpha value is -3.31. The smallest absolute Gasteiger partial charge is 0.271 e. The third-order valence-corrected chi connectivity index (χ3v) is 7.88. The molecule has 0 N–H and O–H groups in total. The summed E-state index contributed by atoms with van der Waals surface area (Å²) in [5.74, 6) is 0.405. The van der Waals surface area contributed by atoms with E-state index in [1.807, 2.05) is 66.7 Å². The SMILES string of the molecule is CC(C)N1c2ccc(/C=C3\SC(=Nc4ccccc4)N(c4ccccc4)C3=O)cc2[C@H](C)CC1(C)C. The predicted molar refractivity (Wildman–Crippen MR) is 154 cm³/mol. The molecule has 2 aliphatic heterocycles. The molecule has 5 rings (SSSR count). The Morgan fingerprint density at radius 3 is 2.33 bits per heavy atom. The van der Waals surface area contributed by atoms with Gasteiger partial charge in [0.05, 0.1) is 16.3 Å². The molecule has 1 amide bonds. The summed E-state index contributed by atoms with van der Waals surface area (Å²) in [5.41, 5.74) is 5.46. The molecule has 0 radical (unpaired) electrons. The molecule has 0 bridgehead atoms. The number of nitrogens with zero attached hydrogens (tertiary/aromatic N) is 3. The molecular weight excluding hydrogens is 462 g/mol.